The first-order valence-corrected chi connectivity index (χ1v) is 10.9. The molecule has 0 radical (unpaired) electrons. The van der Waals surface area contributed by atoms with E-state index in [1.807, 2.05) is 32.3 Å². The van der Waals surface area contributed by atoms with Crippen LogP contribution in [0.4, 0.5) is 5.69 Å². The zero-order valence-electron chi connectivity index (χ0n) is 18.5. The summed E-state index contributed by atoms with van der Waals surface area (Å²) in [5.74, 6) is -0.0492. The predicted octanol–water partition coefficient (Wildman–Crippen LogP) is 0.789. The Morgan fingerprint density at radius 1 is 1.03 bits per heavy atom. The van der Waals surface area contributed by atoms with Crippen LogP contribution >= 0.6 is 0 Å². The Bertz CT molecular complexity index is 1270. The maximum absolute atomic E-state index is 13.5. The van der Waals surface area contributed by atoms with Gasteiger partial charge in [0.25, 0.3) is 0 Å². The van der Waals surface area contributed by atoms with Gasteiger partial charge in [-0.25, -0.2) is 4.52 Å². The largest absolute Gasteiger partial charge is 0.507 e. The average Bonchev–Trinajstić information content (AvgIpc) is 3.14. The van der Waals surface area contributed by atoms with Crippen molar-refractivity contribution in [1.29, 1.82) is 0 Å². The highest BCUT2D eigenvalue weighted by atomic mass is 16.3. The number of phenolic OH excluding ortho intramolecular Hbond substituents is 1. The number of hydrogen-bond donors (Lipinski definition) is 5. The molecule has 4 rings (SSSR count). The summed E-state index contributed by atoms with van der Waals surface area (Å²) in [6.07, 6.45) is 0. The number of aromatic nitrogens is 2. The summed E-state index contributed by atoms with van der Waals surface area (Å²) in [4.78, 5) is 15.6. The van der Waals surface area contributed by atoms with E-state index in [4.69, 9.17) is 10.2 Å². The summed E-state index contributed by atoms with van der Waals surface area (Å²) in [7, 11) is 4.06. The Labute approximate surface area is 186 Å². The van der Waals surface area contributed by atoms with Crippen molar-refractivity contribution in [1.82, 2.24) is 25.1 Å². The third-order valence-electron chi connectivity index (χ3n) is 5.56. The van der Waals surface area contributed by atoms with Gasteiger partial charge in [0.15, 0.2) is 0 Å². The molecule has 32 heavy (non-hydrogen) atoms. The molecule has 2 aromatic heterocycles. The SMILES string of the molecule is CN(C)CCNCc1nn2c3cccc(O)c3c(=O)c3c(NCCNCCO)ccc1c32. The van der Waals surface area contributed by atoms with Crippen LogP contribution in [0.3, 0.4) is 0 Å². The van der Waals surface area contributed by atoms with Gasteiger partial charge in [-0.3, -0.25) is 4.79 Å². The van der Waals surface area contributed by atoms with E-state index in [1.54, 1.807) is 10.6 Å². The normalized spacial score (nSPS) is 12.0. The van der Waals surface area contributed by atoms with Gasteiger partial charge in [0.2, 0.25) is 5.43 Å². The Hall–Kier alpha value is -2.98. The summed E-state index contributed by atoms with van der Waals surface area (Å²) in [5, 5.41) is 35.8. The van der Waals surface area contributed by atoms with Crippen LogP contribution < -0.4 is 21.4 Å². The van der Waals surface area contributed by atoms with Gasteiger partial charge >= 0.3 is 0 Å². The van der Waals surface area contributed by atoms with Gasteiger partial charge in [0, 0.05) is 50.3 Å². The molecular formula is C23H30N6O3. The second-order valence-corrected chi connectivity index (χ2v) is 8.12. The lowest BCUT2D eigenvalue weighted by Crippen LogP contribution is -2.26. The Morgan fingerprint density at radius 2 is 1.88 bits per heavy atom. The predicted molar refractivity (Wildman–Crippen MR) is 128 cm³/mol. The zero-order chi connectivity index (χ0) is 22.7. The van der Waals surface area contributed by atoms with E-state index in [0.29, 0.717) is 42.8 Å². The maximum atomic E-state index is 13.5. The molecule has 0 fully saturated rings. The lowest BCUT2D eigenvalue weighted by molar-refractivity contribution is 0.293. The fourth-order valence-electron chi connectivity index (χ4n) is 4.01. The molecule has 5 N–H and O–H groups in total. The van der Waals surface area contributed by atoms with Crippen molar-refractivity contribution in [2.75, 3.05) is 58.7 Å². The molecule has 4 aromatic rings. The molecule has 0 aliphatic carbocycles. The third-order valence-corrected chi connectivity index (χ3v) is 5.56. The van der Waals surface area contributed by atoms with Crippen molar-refractivity contribution in [2.24, 2.45) is 0 Å². The van der Waals surface area contributed by atoms with Gasteiger partial charge in [0.1, 0.15) is 5.75 Å². The van der Waals surface area contributed by atoms with Crippen LogP contribution in [0.15, 0.2) is 35.1 Å². The van der Waals surface area contributed by atoms with E-state index in [-0.39, 0.29) is 23.2 Å². The fraction of sp³-hybridized carbons (Fsp3) is 0.391. The number of nitrogens with one attached hydrogen (secondary N) is 3. The highest BCUT2D eigenvalue weighted by Crippen LogP contribution is 2.33. The zero-order valence-corrected chi connectivity index (χ0v) is 18.5. The minimum atomic E-state index is -0.214. The van der Waals surface area contributed by atoms with Gasteiger partial charge in [-0.15, -0.1) is 0 Å². The molecule has 0 amide bonds. The summed E-state index contributed by atoms with van der Waals surface area (Å²) in [5.41, 5.74) is 2.70. The van der Waals surface area contributed by atoms with Crippen molar-refractivity contribution in [3.8, 4) is 5.75 Å². The van der Waals surface area contributed by atoms with Gasteiger partial charge in [-0.05, 0) is 38.4 Å². The number of phenols is 1. The number of aromatic hydroxyl groups is 1. The van der Waals surface area contributed by atoms with Crippen molar-refractivity contribution >= 4 is 32.9 Å². The quantitative estimate of drug-likeness (QED) is 0.173. The highest BCUT2D eigenvalue weighted by molar-refractivity contribution is 6.09. The molecule has 0 saturated heterocycles. The standard InChI is InChI=1S/C23H30N6O3/c1-28(2)12-10-25-14-17-15-6-7-16(26-9-8-24-11-13-30)20-22(15)29(27-17)18-4-3-5-19(31)21(18)23(20)32/h3-7,24-26,30-31H,8-14H2,1-2H3. The number of pyridine rings is 1. The maximum Gasteiger partial charge on any atom is 0.203 e. The van der Waals surface area contributed by atoms with Crippen LogP contribution in [0.5, 0.6) is 5.75 Å². The smallest absolute Gasteiger partial charge is 0.203 e. The average molecular weight is 439 g/mol. The molecule has 2 aromatic carbocycles. The van der Waals surface area contributed by atoms with Gasteiger partial charge in [-0.2, -0.15) is 5.10 Å². The topological polar surface area (TPSA) is 114 Å². The summed E-state index contributed by atoms with van der Waals surface area (Å²) < 4.78 is 1.78. The molecule has 2 heterocycles. The highest BCUT2D eigenvalue weighted by Gasteiger charge is 2.21. The van der Waals surface area contributed by atoms with Gasteiger partial charge in [-0.1, -0.05) is 6.07 Å². The summed E-state index contributed by atoms with van der Waals surface area (Å²) in [6.45, 7) is 4.15. The number of anilines is 1. The molecule has 0 unspecified atom stereocenters. The van der Waals surface area contributed by atoms with Crippen LogP contribution in [0.2, 0.25) is 0 Å². The monoisotopic (exact) mass is 438 g/mol. The molecular weight excluding hydrogens is 408 g/mol. The van der Waals surface area contributed by atoms with E-state index in [1.165, 1.54) is 6.07 Å². The molecule has 9 heteroatoms. The lowest BCUT2D eigenvalue weighted by atomic mass is 10.0. The van der Waals surface area contributed by atoms with Crippen molar-refractivity contribution in [3.63, 3.8) is 0 Å². The molecule has 0 aliphatic rings. The van der Waals surface area contributed by atoms with Crippen LogP contribution in [0.25, 0.3) is 27.2 Å². The van der Waals surface area contributed by atoms with Gasteiger partial charge < -0.3 is 31.1 Å². The van der Waals surface area contributed by atoms with Crippen LogP contribution in [-0.2, 0) is 6.54 Å². The molecule has 0 saturated carbocycles. The third kappa shape index (κ3) is 4.20. The fourth-order valence-corrected chi connectivity index (χ4v) is 4.01. The van der Waals surface area contributed by atoms with Crippen molar-refractivity contribution in [2.45, 2.75) is 6.54 Å². The number of rotatable bonds is 11. The Balaban J connectivity index is 1.80. The number of hydrogen-bond acceptors (Lipinski definition) is 8. The molecule has 0 atom stereocenters. The number of aliphatic hydroxyl groups is 1. The van der Waals surface area contributed by atoms with Crippen molar-refractivity contribution < 1.29 is 10.2 Å². The molecule has 0 bridgehead atoms. The van der Waals surface area contributed by atoms with E-state index in [2.05, 4.69) is 20.9 Å². The van der Waals surface area contributed by atoms with E-state index < -0.39 is 0 Å². The first kappa shape index (κ1) is 22.2. The minimum absolute atomic E-state index is 0.0492. The lowest BCUT2D eigenvalue weighted by Gasteiger charge is -2.12. The number of fused-ring (bicyclic) bond motifs is 2. The van der Waals surface area contributed by atoms with Crippen molar-refractivity contribution in [3.05, 3.63) is 46.2 Å². The summed E-state index contributed by atoms with van der Waals surface area (Å²) in [6, 6.07) is 8.97. The van der Waals surface area contributed by atoms with E-state index in [9.17, 15) is 9.90 Å². The number of benzene rings is 2. The van der Waals surface area contributed by atoms with E-state index in [0.717, 1.165) is 29.7 Å². The molecule has 0 spiro atoms. The van der Waals surface area contributed by atoms with Gasteiger partial charge in [0.05, 0.1) is 34.1 Å². The minimum Gasteiger partial charge on any atom is -0.507 e. The number of nitrogens with zero attached hydrogens (tertiary/aromatic N) is 3. The molecule has 170 valence electrons. The first-order valence-electron chi connectivity index (χ1n) is 10.9. The first-order chi connectivity index (χ1) is 15.5. The van der Waals surface area contributed by atoms with Crippen LogP contribution in [0, 0.1) is 0 Å². The second-order valence-electron chi connectivity index (χ2n) is 8.12. The number of likely N-dealkylation sites (N-methyl/N-ethyl adjacent to an activating group) is 1. The molecule has 0 aliphatic heterocycles. The Kier molecular flexibility index (Phi) is 6.71. The molecule has 9 nitrogen and oxygen atoms in total. The van der Waals surface area contributed by atoms with Crippen LogP contribution in [0.1, 0.15) is 5.69 Å². The van der Waals surface area contributed by atoms with Crippen LogP contribution in [-0.4, -0.2) is 78.2 Å². The number of aliphatic hydroxyl groups excluding tert-OH is 1. The second kappa shape index (κ2) is 9.66. The summed E-state index contributed by atoms with van der Waals surface area (Å²) >= 11 is 0. The van der Waals surface area contributed by atoms with E-state index >= 15 is 0 Å². The Morgan fingerprint density at radius 3 is 2.66 bits per heavy atom.